The van der Waals surface area contributed by atoms with E-state index in [1.807, 2.05) is 0 Å². The van der Waals surface area contributed by atoms with Gasteiger partial charge in [0.05, 0.1) is 0 Å². The summed E-state index contributed by atoms with van der Waals surface area (Å²) in [6.07, 6.45) is 2.72. The zero-order valence-electron chi connectivity index (χ0n) is 11.7. The highest BCUT2D eigenvalue weighted by Gasteiger charge is 2.24. The van der Waals surface area contributed by atoms with Crippen molar-refractivity contribution in [3.63, 3.8) is 0 Å². The molecule has 0 spiro atoms. The largest absolute Gasteiger partial charge is 0.315 e. The van der Waals surface area contributed by atoms with E-state index in [9.17, 15) is 0 Å². The molecule has 2 aliphatic rings. The Kier molecular flexibility index (Phi) is 4.49. The van der Waals surface area contributed by atoms with Crippen molar-refractivity contribution in [3.05, 3.63) is 35.9 Å². The van der Waals surface area contributed by atoms with Crippen LogP contribution in [0.5, 0.6) is 0 Å². The lowest BCUT2D eigenvalue weighted by Crippen LogP contribution is -2.54. The highest BCUT2D eigenvalue weighted by molar-refractivity contribution is 5.14. The molecule has 3 heteroatoms. The van der Waals surface area contributed by atoms with Crippen LogP contribution < -0.4 is 5.32 Å². The fourth-order valence-electron chi connectivity index (χ4n) is 3.27. The molecule has 3 nitrogen and oxygen atoms in total. The van der Waals surface area contributed by atoms with E-state index in [0.29, 0.717) is 0 Å². The second kappa shape index (κ2) is 6.51. The van der Waals surface area contributed by atoms with E-state index >= 15 is 0 Å². The molecule has 1 aromatic rings. The Morgan fingerprint density at radius 1 is 1.05 bits per heavy atom. The lowest BCUT2D eigenvalue weighted by molar-refractivity contribution is 0.0807. The van der Waals surface area contributed by atoms with Crippen molar-refractivity contribution < 1.29 is 0 Å². The fourth-order valence-corrected chi connectivity index (χ4v) is 3.27. The van der Waals surface area contributed by atoms with E-state index in [1.54, 1.807) is 0 Å². The number of benzene rings is 1. The Hall–Kier alpha value is -0.900. The molecule has 19 heavy (non-hydrogen) atoms. The molecule has 0 bridgehead atoms. The lowest BCUT2D eigenvalue weighted by Gasteiger charge is -2.40. The summed E-state index contributed by atoms with van der Waals surface area (Å²) in [7, 11) is 0. The predicted molar refractivity (Wildman–Crippen MR) is 79.2 cm³/mol. The third-order valence-corrected chi connectivity index (χ3v) is 4.44. The molecule has 2 saturated heterocycles. The first-order chi connectivity index (χ1) is 9.42. The highest BCUT2D eigenvalue weighted by atomic mass is 15.3. The quantitative estimate of drug-likeness (QED) is 0.888. The van der Waals surface area contributed by atoms with Crippen LogP contribution in [0.15, 0.2) is 30.3 Å². The van der Waals surface area contributed by atoms with Gasteiger partial charge in [-0.15, -0.1) is 0 Å². The van der Waals surface area contributed by atoms with Gasteiger partial charge in [-0.25, -0.2) is 0 Å². The topological polar surface area (TPSA) is 18.5 Å². The average Bonchev–Trinajstić information content (AvgIpc) is 2.50. The summed E-state index contributed by atoms with van der Waals surface area (Å²) in [5, 5.41) is 3.53. The highest BCUT2D eigenvalue weighted by Crippen LogP contribution is 2.14. The maximum atomic E-state index is 3.53. The molecule has 104 valence electrons. The van der Waals surface area contributed by atoms with Gasteiger partial charge in [-0.2, -0.15) is 0 Å². The fraction of sp³-hybridized carbons (Fsp3) is 0.625. The third kappa shape index (κ3) is 3.56. The zero-order chi connectivity index (χ0) is 12.9. The molecular formula is C16H25N3. The van der Waals surface area contributed by atoms with Gasteiger partial charge in [0.2, 0.25) is 0 Å². The molecule has 0 unspecified atom stereocenters. The van der Waals surface area contributed by atoms with Crippen molar-refractivity contribution in [2.75, 3.05) is 39.3 Å². The average molecular weight is 259 g/mol. The van der Waals surface area contributed by atoms with Crippen LogP contribution in [0.2, 0.25) is 0 Å². The smallest absolute Gasteiger partial charge is 0.0234 e. The molecule has 0 aliphatic carbocycles. The third-order valence-electron chi connectivity index (χ3n) is 4.44. The summed E-state index contributed by atoms with van der Waals surface area (Å²) in [4.78, 5) is 5.27. The van der Waals surface area contributed by atoms with Crippen LogP contribution in [0.4, 0.5) is 0 Å². The molecule has 2 heterocycles. The second-order valence-corrected chi connectivity index (χ2v) is 5.80. The second-order valence-electron chi connectivity index (χ2n) is 5.80. The monoisotopic (exact) mass is 259 g/mol. The Morgan fingerprint density at radius 3 is 2.53 bits per heavy atom. The predicted octanol–water partition coefficient (Wildman–Crippen LogP) is 1.56. The number of rotatable bonds is 3. The van der Waals surface area contributed by atoms with Crippen LogP contribution >= 0.6 is 0 Å². The van der Waals surface area contributed by atoms with Crippen molar-refractivity contribution in [1.82, 2.24) is 15.1 Å². The van der Waals surface area contributed by atoms with Crippen LogP contribution in [0.3, 0.4) is 0 Å². The van der Waals surface area contributed by atoms with Crippen LogP contribution in [0.25, 0.3) is 0 Å². The number of nitrogens with one attached hydrogen (secondary N) is 1. The standard InChI is InChI=1S/C16H25N3/c1-2-5-15(6-3-1)14-18-9-11-19(12-10-18)16-7-4-8-17-13-16/h1-3,5-6,16-17H,4,7-14H2/t16-/m0/s1. The summed E-state index contributed by atoms with van der Waals surface area (Å²) < 4.78 is 0. The number of piperidine rings is 1. The molecule has 1 aromatic carbocycles. The molecular weight excluding hydrogens is 234 g/mol. The molecule has 3 rings (SSSR count). The minimum absolute atomic E-state index is 0.785. The van der Waals surface area contributed by atoms with Gasteiger partial charge in [0.1, 0.15) is 0 Å². The molecule has 0 radical (unpaired) electrons. The van der Waals surface area contributed by atoms with E-state index in [2.05, 4.69) is 45.4 Å². The maximum Gasteiger partial charge on any atom is 0.0234 e. The van der Waals surface area contributed by atoms with Gasteiger partial charge in [-0.05, 0) is 24.9 Å². The Balaban J connectivity index is 1.46. The van der Waals surface area contributed by atoms with Gasteiger partial charge < -0.3 is 5.32 Å². The van der Waals surface area contributed by atoms with Crippen molar-refractivity contribution in [2.24, 2.45) is 0 Å². The van der Waals surface area contributed by atoms with E-state index < -0.39 is 0 Å². The Labute approximate surface area is 116 Å². The molecule has 0 saturated carbocycles. The summed E-state index contributed by atoms with van der Waals surface area (Å²) in [5.41, 5.74) is 1.44. The maximum absolute atomic E-state index is 3.53. The minimum Gasteiger partial charge on any atom is -0.315 e. The molecule has 1 atom stereocenters. The molecule has 2 aliphatic heterocycles. The van der Waals surface area contributed by atoms with E-state index in [4.69, 9.17) is 0 Å². The zero-order valence-corrected chi connectivity index (χ0v) is 11.7. The number of nitrogens with zero attached hydrogens (tertiary/aromatic N) is 2. The van der Waals surface area contributed by atoms with Crippen LogP contribution in [-0.2, 0) is 6.54 Å². The van der Waals surface area contributed by atoms with Crippen LogP contribution in [0.1, 0.15) is 18.4 Å². The summed E-state index contributed by atoms with van der Waals surface area (Å²) in [5.74, 6) is 0. The van der Waals surface area contributed by atoms with E-state index in [1.165, 1.54) is 57.7 Å². The van der Waals surface area contributed by atoms with Crippen molar-refractivity contribution >= 4 is 0 Å². The Bertz CT molecular complexity index is 365. The van der Waals surface area contributed by atoms with Crippen molar-refractivity contribution in [2.45, 2.75) is 25.4 Å². The van der Waals surface area contributed by atoms with Gasteiger partial charge in [-0.1, -0.05) is 30.3 Å². The first-order valence-corrected chi connectivity index (χ1v) is 7.63. The Morgan fingerprint density at radius 2 is 1.84 bits per heavy atom. The molecule has 0 aromatic heterocycles. The summed E-state index contributed by atoms with van der Waals surface area (Å²) in [6, 6.07) is 11.6. The van der Waals surface area contributed by atoms with Crippen LogP contribution in [0, 0.1) is 0 Å². The normalized spacial score (nSPS) is 26.4. The molecule has 2 fully saturated rings. The SMILES string of the molecule is c1ccc(CN2CCN([C@H]3CCCNC3)CC2)cc1. The minimum atomic E-state index is 0.785. The molecule has 0 amide bonds. The first kappa shape index (κ1) is 13.1. The summed E-state index contributed by atoms with van der Waals surface area (Å²) >= 11 is 0. The van der Waals surface area contributed by atoms with Gasteiger partial charge in [0, 0.05) is 45.3 Å². The first-order valence-electron chi connectivity index (χ1n) is 7.63. The number of hydrogen-bond acceptors (Lipinski definition) is 3. The molecule has 1 N–H and O–H groups in total. The lowest BCUT2D eigenvalue weighted by atomic mass is 10.0. The van der Waals surface area contributed by atoms with Crippen LogP contribution in [-0.4, -0.2) is 55.1 Å². The van der Waals surface area contributed by atoms with E-state index in [-0.39, 0.29) is 0 Å². The van der Waals surface area contributed by atoms with Gasteiger partial charge in [0.25, 0.3) is 0 Å². The van der Waals surface area contributed by atoms with Gasteiger partial charge >= 0.3 is 0 Å². The summed E-state index contributed by atoms with van der Waals surface area (Å²) in [6.45, 7) is 8.41. The van der Waals surface area contributed by atoms with Gasteiger partial charge in [0.15, 0.2) is 0 Å². The van der Waals surface area contributed by atoms with Gasteiger partial charge in [-0.3, -0.25) is 9.80 Å². The van der Waals surface area contributed by atoms with E-state index in [0.717, 1.165) is 12.6 Å². The number of hydrogen-bond donors (Lipinski definition) is 1. The van der Waals surface area contributed by atoms with Crippen molar-refractivity contribution in [3.8, 4) is 0 Å². The number of piperazine rings is 1. The van der Waals surface area contributed by atoms with Crippen molar-refractivity contribution in [1.29, 1.82) is 0 Å².